The molecular weight excluding hydrogens is 532 g/mol. The van der Waals surface area contributed by atoms with Crippen LogP contribution in [0.15, 0.2) is 86.3 Å². The van der Waals surface area contributed by atoms with Gasteiger partial charge < -0.3 is 9.84 Å². The molecule has 0 radical (unpaired) electrons. The summed E-state index contributed by atoms with van der Waals surface area (Å²) < 4.78 is 7.73. The fraction of sp³-hybridized carbons (Fsp3) is 0.120. The predicted octanol–water partition coefficient (Wildman–Crippen LogP) is 4.49. The van der Waals surface area contributed by atoms with E-state index in [2.05, 4.69) is 31.4 Å². The fourth-order valence-corrected chi connectivity index (χ4v) is 4.32. The highest BCUT2D eigenvalue weighted by atomic mass is 79.9. The first kappa shape index (κ1) is 24.5. The molecule has 0 atom stereocenters. The highest BCUT2D eigenvalue weighted by Crippen LogP contribution is 2.26. The standard InChI is InChI=1S/C25H21BrN4O4S/c1-2-34-22-13-16(7-12-21(22)31)14-27-29-23(32)15-35-25-28-20-6-4-3-5-19(20)24(33)30(25)18-10-8-17(26)9-11-18/h3-14,31H,2,15H2,1H3,(H,29,32)/b27-14+. The van der Waals surface area contributed by atoms with Crippen LogP contribution in [0.3, 0.4) is 0 Å². The number of amides is 1. The summed E-state index contributed by atoms with van der Waals surface area (Å²) in [6, 6.07) is 19.2. The van der Waals surface area contributed by atoms with Crippen molar-refractivity contribution in [2.75, 3.05) is 12.4 Å². The smallest absolute Gasteiger partial charge is 0.266 e. The monoisotopic (exact) mass is 552 g/mol. The van der Waals surface area contributed by atoms with Gasteiger partial charge in [0.25, 0.3) is 11.5 Å². The Kier molecular flexibility index (Phi) is 7.84. The number of thioether (sulfide) groups is 1. The normalized spacial score (nSPS) is 11.1. The molecule has 4 rings (SSSR count). The summed E-state index contributed by atoms with van der Waals surface area (Å²) in [5.41, 5.74) is 4.12. The number of ether oxygens (including phenoxy) is 1. The fourth-order valence-electron chi connectivity index (χ4n) is 3.25. The molecule has 0 aliphatic carbocycles. The molecule has 35 heavy (non-hydrogen) atoms. The number of hydrogen-bond acceptors (Lipinski definition) is 7. The van der Waals surface area contributed by atoms with E-state index in [9.17, 15) is 14.7 Å². The summed E-state index contributed by atoms with van der Waals surface area (Å²) in [4.78, 5) is 30.3. The third kappa shape index (κ3) is 5.90. The molecule has 178 valence electrons. The van der Waals surface area contributed by atoms with Gasteiger partial charge in [-0.25, -0.2) is 10.4 Å². The number of aromatic nitrogens is 2. The van der Waals surface area contributed by atoms with Crippen LogP contribution in [0.1, 0.15) is 12.5 Å². The summed E-state index contributed by atoms with van der Waals surface area (Å²) in [7, 11) is 0. The Morgan fingerprint density at radius 2 is 1.97 bits per heavy atom. The molecule has 0 unspecified atom stereocenters. The largest absolute Gasteiger partial charge is 0.504 e. The molecule has 10 heteroatoms. The Hall–Kier alpha value is -3.63. The summed E-state index contributed by atoms with van der Waals surface area (Å²) in [5, 5.41) is 14.7. The van der Waals surface area contributed by atoms with Crippen LogP contribution in [0.5, 0.6) is 11.5 Å². The lowest BCUT2D eigenvalue weighted by Crippen LogP contribution is -2.24. The second-order valence-corrected chi connectivity index (χ2v) is 9.13. The van der Waals surface area contributed by atoms with Gasteiger partial charge in [0.1, 0.15) is 0 Å². The number of fused-ring (bicyclic) bond motifs is 1. The molecule has 0 saturated carbocycles. The van der Waals surface area contributed by atoms with Crippen molar-refractivity contribution in [3.63, 3.8) is 0 Å². The van der Waals surface area contributed by atoms with E-state index in [-0.39, 0.29) is 23.0 Å². The van der Waals surface area contributed by atoms with Crippen LogP contribution in [0.2, 0.25) is 0 Å². The number of carbonyl (C=O) groups excluding carboxylic acids is 1. The van der Waals surface area contributed by atoms with Gasteiger partial charge in [0.15, 0.2) is 16.7 Å². The molecule has 1 amide bonds. The lowest BCUT2D eigenvalue weighted by atomic mass is 10.2. The number of phenolic OH excluding ortho intramolecular Hbond substituents is 1. The molecule has 0 saturated heterocycles. The van der Waals surface area contributed by atoms with Crippen molar-refractivity contribution in [3.05, 3.63) is 87.1 Å². The summed E-state index contributed by atoms with van der Waals surface area (Å²) in [5.74, 6) is 0.00824. The molecule has 1 heterocycles. The zero-order chi connectivity index (χ0) is 24.8. The van der Waals surface area contributed by atoms with Gasteiger partial charge in [-0.3, -0.25) is 14.2 Å². The average molecular weight is 553 g/mol. The number of rotatable bonds is 8. The predicted molar refractivity (Wildman–Crippen MR) is 141 cm³/mol. The third-order valence-electron chi connectivity index (χ3n) is 4.85. The van der Waals surface area contributed by atoms with Crippen molar-refractivity contribution in [2.45, 2.75) is 12.1 Å². The van der Waals surface area contributed by atoms with Crippen molar-refractivity contribution < 1.29 is 14.6 Å². The van der Waals surface area contributed by atoms with Crippen LogP contribution in [0.4, 0.5) is 0 Å². The molecule has 8 nitrogen and oxygen atoms in total. The number of nitrogens with one attached hydrogen (secondary N) is 1. The van der Waals surface area contributed by atoms with Crippen LogP contribution >= 0.6 is 27.7 Å². The van der Waals surface area contributed by atoms with E-state index in [1.165, 1.54) is 16.8 Å². The lowest BCUT2D eigenvalue weighted by Gasteiger charge is -2.13. The van der Waals surface area contributed by atoms with Crippen molar-refractivity contribution in [1.29, 1.82) is 0 Å². The average Bonchev–Trinajstić information content (AvgIpc) is 2.86. The molecule has 4 aromatic rings. The first-order chi connectivity index (χ1) is 17.0. The van der Waals surface area contributed by atoms with Crippen molar-refractivity contribution in [2.24, 2.45) is 5.10 Å². The summed E-state index contributed by atoms with van der Waals surface area (Å²) in [6.45, 7) is 2.23. The number of benzene rings is 3. The number of hydrogen-bond donors (Lipinski definition) is 2. The van der Waals surface area contributed by atoms with E-state index < -0.39 is 0 Å². The topological polar surface area (TPSA) is 106 Å². The van der Waals surface area contributed by atoms with Gasteiger partial charge in [0.05, 0.1) is 35.2 Å². The van der Waals surface area contributed by atoms with Gasteiger partial charge in [0.2, 0.25) is 0 Å². The maximum Gasteiger partial charge on any atom is 0.266 e. The Morgan fingerprint density at radius 1 is 1.20 bits per heavy atom. The second-order valence-electron chi connectivity index (χ2n) is 7.27. The van der Waals surface area contributed by atoms with E-state index in [0.29, 0.717) is 39.7 Å². The van der Waals surface area contributed by atoms with E-state index in [4.69, 9.17) is 4.74 Å². The van der Waals surface area contributed by atoms with Crippen molar-refractivity contribution in [3.8, 4) is 17.2 Å². The van der Waals surface area contributed by atoms with Gasteiger partial charge in [-0.05, 0) is 67.1 Å². The minimum atomic E-state index is -0.361. The van der Waals surface area contributed by atoms with Crippen LogP contribution in [0.25, 0.3) is 16.6 Å². The Bertz CT molecular complexity index is 1450. The number of halogens is 1. The van der Waals surface area contributed by atoms with Crippen LogP contribution in [-0.4, -0.2) is 39.1 Å². The number of para-hydroxylation sites is 1. The van der Waals surface area contributed by atoms with E-state index in [0.717, 1.165) is 16.2 Å². The molecule has 3 aromatic carbocycles. The maximum absolute atomic E-state index is 13.3. The highest BCUT2D eigenvalue weighted by molar-refractivity contribution is 9.10. The lowest BCUT2D eigenvalue weighted by molar-refractivity contribution is -0.118. The maximum atomic E-state index is 13.3. The first-order valence-electron chi connectivity index (χ1n) is 10.6. The molecule has 2 N–H and O–H groups in total. The number of aromatic hydroxyl groups is 1. The quantitative estimate of drug-likeness (QED) is 0.144. The second kappa shape index (κ2) is 11.2. The molecule has 0 spiro atoms. The highest BCUT2D eigenvalue weighted by Gasteiger charge is 2.14. The molecule has 0 fully saturated rings. The SMILES string of the molecule is CCOc1cc(/C=N/NC(=O)CSc2nc3ccccc3c(=O)n2-c2ccc(Br)cc2)ccc1O. The number of nitrogens with zero attached hydrogens (tertiary/aromatic N) is 3. The molecule has 1 aromatic heterocycles. The van der Waals surface area contributed by atoms with E-state index >= 15 is 0 Å². The molecular formula is C25H21BrN4O4S. The van der Waals surface area contributed by atoms with Gasteiger partial charge in [0, 0.05) is 4.47 Å². The van der Waals surface area contributed by atoms with Gasteiger partial charge in [-0.2, -0.15) is 5.10 Å². The third-order valence-corrected chi connectivity index (χ3v) is 6.32. The van der Waals surface area contributed by atoms with Crippen molar-refractivity contribution in [1.82, 2.24) is 15.0 Å². The first-order valence-corrected chi connectivity index (χ1v) is 12.4. The Labute approximate surface area is 213 Å². The number of hydrazone groups is 1. The van der Waals surface area contributed by atoms with Gasteiger partial charge >= 0.3 is 0 Å². The van der Waals surface area contributed by atoms with E-state index in [1.807, 2.05) is 37.3 Å². The van der Waals surface area contributed by atoms with Crippen LogP contribution in [0, 0.1) is 0 Å². The minimum absolute atomic E-state index is 0.00157. The van der Waals surface area contributed by atoms with Crippen molar-refractivity contribution >= 4 is 50.7 Å². The molecule has 0 aliphatic heterocycles. The minimum Gasteiger partial charge on any atom is -0.504 e. The Morgan fingerprint density at radius 3 is 2.74 bits per heavy atom. The van der Waals surface area contributed by atoms with Gasteiger partial charge in [-0.1, -0.05) is 39.8 Å². The van der Waals surface area contributed by atoms with E-state index in [1.54, 1.807) is 30.3 Å². The summed E-state index contributed by atoms with van der Waals surface area (Å²) in [6.07, 6.45) is 1.45. The number of phenols is 1. The molecule has 0 bridgehead atoms. The molecule has 0 aliphatic rings. The zero-order valence-corrected chi connectivity index (χ0v) is 21.0. The summed E-state index contributed by atoms with van der Waals surface area (Å²) >= 11 is 4.55. The number of carbonyl (C=O) groups is 1. The van der Waals surface area contributed by atoms with Crippen LogP contribution in [-0.2, 0) is 4.79 Å². The van der Waals surface area contributed by atoms with Crippen LogP contribution < -0.4 is 15.7 Å². The zero-order valence-electron chi connectivity index (χ0n) is 18.6. The Balaban J connectivity index is 1.51. The van der Waals surface area contributed by atoms with Gasteiger partial charge in [-0.15, -0.1) is 0 Å².